The molecule has 0 aromatic heterocycles. The monoisotopic (exact) mass is 1160 g/mol. The maximum Gasteiger partial charge on any atom is 0.306 e. The summed E-state index contributed by atoms with van der Waals surface area (Å²) in [4.78, 5) is 38.4. The van der Waals surface area contributed by atoms with Gasteiger partial charge in [0.1, 0.15) is 13.2 Å². The fourth-order valence-corrected chi connectivity index (χ4v) is 10.9. The van der Waals surface area contributed by atoms with E-state index in [0.29, 0.717) is 19.3 Å². The molecule has 0 fully saturated rings. The molecule has 0 radical (unpaired) electrons. The Morgan fingerprint density at radius 1 is 0.241 bits per heavy atom. The lowest BCUT2D eigenvalue weighted by Gasteiger charge is -2.18. The lowest BCUT2D eigenvalue weighted by Crippen LogP contribution is -2.30. The van der Waals surface area contributed by atoms with Crippen molar-refractivity contribution in [2.24, 2.45) is 0 Å². The van der Waals surface area contributed by atoms with Crippen LogP contribution in [0.25, 0.3) is 0 Å². The van der Waals surface area contributed by atoms with E-state index in [4.69, 9.17) is 14.2 Å². The van der Waals surface area contributed by atoms with E-state index < -0.39 is 6.10 Å². The Labute approximate surface area is 517 Å². The van der Waals surface area contributed by atoms with Crippen LogP contribution in [0.5, 0.6) is 0 Å². The molecule has 0 heterocycles. The largest absolute Gasteiger partial charge is 0.462 e. The van der Waals surface area contributed by atoms with E-state index in [1.165, 1.54) is 263 Å². The van der Waals surface area contributed by atoms with Crippen molar-refractivity contribution >= 4 is 17.9 Å². The van der Waals surface area contributed by atoms with Crippen molar-refractivity contribution in [3.8, 4) is 0 Å². The Kier molecular flexibility index (Phi) is 69.1. The molecule has 0 aromatic rings. The van der Waals surface area contributed by atoms with Crippen molar-refractivity contribution in [2.75, 3.05) is 13.2 Å². The number of carbonyl (C=O) groups excluding carboxylic acids is 3. The Morgan fingerprint density at radius 3 is 0.723 bits per heavy atom. The van der Waals surface area contributed by atoms with E-state index in [1.807, 2.05) is 0 Å². The summed E-state index contributed by atoms with van der Waals surface area (Å²) in [6, 6.07) is 0. The quantitative estimate of drug-likeness (QED) is 0.0261. The molecule has 0 bridgehead atoms. The summed E-state index contributed by atoms with van der Waals surface area (Å²) in [5, 5.41) is 0. The van der Waals surface area contributed by atoms with Crippen LogP contribution in [-0.2, 0) is 28.6 Å². The maximum atomic E-state index is 13.0. The first-order valence-corrected chi connectivity index (χ1v) is 36.8. The van der Waals surface area contributed by atoms with E-state index >= 15 is 0 Å². The van der Waals surface area contributed by atoms with Gasteiger partial charge >= 0.3 is 17.9 Å². The number of esters is 3. The van der Waals surface area contributed by atoms with Crippen molar-refractivity contribution < 1.29 is 28.6 Å². The van der Waals surface area contributed by atoms with Crippen LogP contribution in [-0.4, -0.2) is 37.2 Å². The average Bonchev–Trinajstić information content (AvgIpc) is 3.49. The van der Waals surface area contributed by atoms with Gasteiger partial charge in [0.15, 0.2) is 6.10 Å². The third-order valence-electron chi connectivity index (χ3n) is 16.4. The summed E-state index contributed by atoms with van der Waals surface area (Å²) < 4.78 is 17.0. The fraction of sp³-hybridized carbons (Fsp3) is 0.831. The number of rotatable bonds is 68. The first kappa shape index (κ1) is 80.1. The van der Waals surface area contributed by atoms with Crippen molar-refractivity contribution in [3.05, 3.63) is 60.8 Å². The number of unbranched alkanes of at least 4 members (excludes halogenated alkanes) is 47. The van der Waals surface area contributed by atoms with Gasteiger partial charge in [0.25, 0.3) is 0 Å². The minimum absolute atomic E-state index is 0.0757. The summed E-state index contributed by atoms with van der Waals surface area (Å²) in [7, 11) is 0. The van der Waals surface area contributed by atoms with Gasteiger partial charge in [-0.05, 0) is 103 Å². The van der Waals surface area contributed by atoms with E-state index in [1.54, 1.807) is 0 Å². The van der Waals surface area contributed by atoms with Crippen molar-refractivity contribution in [1.82, 2.24) is 0 Å². The molecule has 1 unspecified atom stereocenters. The zero-order chi connectivity index (χ0) is 59.9. The molecule has 0 aromatic carbocycles. The first-order valence-electron chi connectivity index (χ1n) is 36.8. The molecule has 484 valence electrons. The highest BCUT2D eigenvalue weighted by molar-refractivity contribution is 5.71. The molecule has 0 N–H and O–H groups in total. The second kappa shape index (κ2) is 71.6. The summed E-state index contributed by atoms with van der Waals surface area (Å²) in [5.74, 6) is -0.869. The number of allylic oxidation sites excluding steroid dienone is 10. The minimum atomic E-state index is -0.781. The smallest absolute Gasteiger partial charge is 0.306 e. The third-order valence-corrected chi connectivity index (χ3v) is 16.4. The SMILES string of the molecule is CCC/C=C\C/C=C\CCCCCCCC(=O)OCC(COC(=O)CCCCCCCCCCCCCCCCCCCCC/C=C\C/C=C\CCCCCCC)OC(=O)CCCCCCCCCCC/C=C\CCCCCCCCCC. The molecule has 6 heteroatoms. The van der Waals surface area contributed by atoms with Crippen molar-refractivity contribution in [3.63, 3.8) is 0 Å². The lowest BCUT2D eigenvalue weighted by atomic mass is 10.0. The highest BCUT2D eigenvalue weighted by Gasteiger charge is 2.19. The van der Waals surface area contributed by atoms with Gasteiger partial charge in [-0.1, -0.05) is 332 Å². The summed E-state index contributed by atoms with van der Waals surface area (Å²) in [6.07, 6.45) is 92.7. The molecule has 1 atom stereocenters. The molecule has 0 aliphatic rings. The molecule has 6 nitrogen and oxygen atoms in total. The normalized spacial score (nSPS) is 12.4. The molecular weight excluding hydrogens is 1020 g/mol. The lowest BCUT2D eigenvalue weighted by molar-refractivity contribution is -0.167. The molecule has 83 heavy (non-hydrogen) atoms. The average molecular weight is 1160 g/mol. The second-order valence-electron chi connectivity index (χ2n) is 24.8. The van der Waals surface area contributed by atoms with Crippen LogP contribution in [0.1, 0.15) is 393 Å². The standard InChI is InChI=1S/C77H140O6/c1-4-7-10-13-16-19-22-25-27-29-31-33-34-35-36-37-38-39-40-41-42-44-45-47-49-52-55-58-61-64-67-70-76(79)82-73-74(72-81-75(78)69-66-63-60-57-54-51-24-21-18-15-12-9-6-3)83-77(80)71-68-65-62-59-56-53-50-48-46-43-32-30-28-26-23-20-17-14-11-8-5-2/h12,15,21-22,24-25,29-32,74H,4-11,13-14,16-20,23,26-28,33-73H2,1-3H3/b15-12-,24-21-,25-22-,31-29-,32-30-. The van der Waals surface area contributed by atoms with E-state index in [2.05, 4.69) is 81.5 Å². The molecule has 0 saturated heterocycles. The highest BCUT2D eigenvalue weighted by atomic mass is 16.6. The van der Waals surface area contributed by atoms with Gasteiger partial charge in [-0.2, -0.15) is 0 Å². The van der Waals surface area contributed by atoms with Crippen molar-refractivity contribution in [1.29, 1.82) is 0 Å². The van der Waals surface area contributed by atoms with Crippen molar-refractivity contribution in [2.45, 2.75) is 399 Å². The number of hydrogen-bond acceptors (Lipinski definition) is 6. The molecular formula is C77H140O6. The molecule has 0 saturated carbocycles. The molecule has 0 rings (SSSR count). The zero-order valence-corrected chi connectivity index (χ0v) is 55.7. The number of ether oxygens (including phenoxy) is 3. The van der Waals surface area contributed by atoms with Gasteiger partial charge in [-0.3, -0.25) is 14.4 Å². The fourth-order valence-electron chi connectivity index (χ4n) is 10.9. The van der Waals surface area contributed by atoms with Crippen LogP contribution in [0.3, 0.4) is 0 Å². The van der Waals surface area contributed by atoms with Crippen LogP contribution in [0.15, 0.2) is 60.8 Å². The maximum absolute atomic E-state index is 13.0. The molecule has 0 amide bonds. The summed E-state index contributed by atoms with van der Waals surface area (Å²) >= 11 is 0. The topological polar surface area (TPSA) is 78.9 Å². The minimum Gasteiger partial charge on any atom is -0.462 e. The highest BCUT2D eigenvalue weighted by Crippen LogP contribution is 2.18. The van der Waals surface area contributed by atoms with E-state index in [9.17, 15) is 14.4 Å². The summed E-state index contributed by atoms with van der Waals surface area (Å²) in [6.45, 7) is 6.61. The van der Waals surface area contributed by atoms with Gasteiger partial charge in [-0.25, -0.2) is 0 Å². The van der Waals surface area contributed by atoms with Gasteiger partial charge in [0.05, 0.1) is 0 Å². The number of hydrogen-bond donors (Lipinski definition) is 0. The van der Waals surface area contributed by atoms with Crippen LogP contribution in [0.2, 0.25) is 0 Å². The van der Waals surface area contributed by atoms with E-state index in [0.717, 1.165) is 89.9 Å². The Bertz CT molecular complexity index is 1470. The molecule has 0 aliphatic heterocycles. The van der Waals surface area contributed by atoms with Crippen LogP contribution in [0.4, 0.5) is 0 Å². The summed E-state index contributed by atoms with van der Waals surface area (Å²) in [5.41, 5.74) is 0. The van der Waals surface area contributed by atoms with Gasteiger partial charge in [0.2, 0.25) is 0 Å². The first-order chi connectivity index (χ1) is 41.0. The number of carbonyl (C=O) groups is 3. The Morgan fingerprint density at radius 2 is 0.458 bits per heavy atom. The van der Waals surface area contributed by atoms with Gasteiger partial charge < -0.3 is 14.2 Å². The third kappa shape index (κ3) is 69.8. The Hall–Kier alpha value is -2.89. The van der Waals surface area contributed by atoms with Gasteiger partial charge in [0, 0.05) is 19.3 Å². The zero-order valence-electron chi connectivity index (χ0n) is 55.7. The predicted octanol–water partition coefficient (Wildman–Crippen LogP) is 25.5. The van der Waals surface area contributed by atoms with Crippen LogP contribution in [0, 0.1) is 0 Å². The van der Waals surface area contributed by atoms with Gasteiger partial charge in [-0.15, -0.1) is 0 Å². The second-order valence-corrected chi connectivity index (χ2v) is 24.8. The van der Waals surface area contributed by atoms with Crippen LogP contribution < -0.4 is 0 Å². The van der Waals surface area contributed by atoms with Crippen LogP contribution >= 0.6 is 0 Å². The molecule has 0 spiro atoms. The predicted molar refractivity (Wildman–Crippen MR) is 362 cm³/mol. The Balaban J connectivity index is 4.18. The molecule has 0 aliphatic carbocycles. The van der Waals surface area contributed by atoms with E-state index in [-0.39, 0.29) is 31.1 Å².